The number of aryl methyl sites for hydroxylation is 1. The van der Waals surface area contributed by atoms with E-state index in [4.69, 9.17) is 11.6 Å². The lowest BCUT2D eigenvalue weighted by Crippen LogP contribution is -2.44. The molecule has 0 radical (unpaired) electrons. The number of thiazole rings is 1. The first-order valence-corrected chi connectivity index (χ1v) is 7.44. The molecule has 0 saturated carbocycles. The zero-order valence-corrected chi connectivity index (χ0v) is 13.4. The SMILES string of the molecule is Cc1ccc(NC(C)(C)C(=O)Nc2ncc(Cl)s2)c(F)c1. The Balaban J connectivity index is 2.11. The summed E-state index contributed by atoms with van der Waals surface area (Å²) in [6.07, 6.45) is 1.46. The monoisotopic (exact) mass is 327 g/mol. The number of halogens is 2. The van der Waals surface area contributed by atoms with Gasteiger partial charge in [0.25, 0.3) is 5.91 Å². The summed E-state index contributed by atoms with van der Waals surface area (Å²) in [7, 11) is 0. The Labute approximate surface area is 131 Å². The highest BCUT2D eigenvalue weighted by Crippen LogP contribution is 2.25. The molecule has 112 valence electrons. The molecule has 1 heterocycles. The maximum Gasteiger partial charge on any atom is 0.251 e. The van der Waals surface area contributed by atoms with Crippen LogP contribution in [0.3, 0.4) is 0 Å². The molecular weight excluding hydrogens is 313 g/mol. The summed E-state index contributed by atoms with van der Waals surface area (Å²) >= 11 is 6.93. The third-order valence-corrected chi connectivity index (χ3v) is 3.87. The number of hydrogen-bond acceptors (Lipinski definition) is 4. The van der Waals surface area contributed by atoms with Gasteiger partial charge in [-0.3, -0.25) is 10.1 Å². The van der Waals surface area contributed by atoms with Gasteiger partial charge in [-0.25, -0.2) is 9.37 Å². The van der Waals surface area contributed by atoms with Crippen LogP contribution in [0.2, 0.25) is 4.34 Å². The number of carbonyl (C=O) groups excluding carboxylic acids is 1. The third-order valence-electron chi connectivity index (χ3n) is 2.84. The van der Waals surface area contributed by atoms with E-state index in [9.17, 15) is 9.18 Å². The fraction of sp³-hybridized carbons (Fsp3) is 0.286. The molecule has 2 aromatic rings. The molecule has 0 aliphatic carbocycles. The van der Waals surface area contributed by atoms with Gasteiger partial charge in [0.1, 0.15) is 15.7 Å². The molecule has 4 nitrogen and oxygen atoms in total. The predicted octanol–water partition coefficient (Wildman–Crippen LogP) is 4.07. The van der Waals surface area contributed by atoms with Crippen LogP contribution < -0.4 is 10.6 Å². The number of aromatic nitrogens is 1. The zero-order chi connectivity index (χ0) is 15.6. The van der Waals surface area contributed by atoms with E-state index in [1.54, 1.807) is 32.9 Å². The summed E-state index contributed by atoms with van der Waals surface area (Å²) in [5.41, 5.74) is 0.0875. The van der Waals surface area contributed by atoms with Crippen molar-refractivity contribution >= 4 is 39.7 Å². The molecule has 7 heteroatoms. The van der Waals surface area contributed by atoms with Crippen molar-refractivity contribution in [3.63, 3.8) is 0 Å². The van der Waals surface area contributed by atoms with E-state index in [0.29, 0.717) is 9.47 Å². The average molecular weight is 328 g/mol. The molecule has 1 aromatic heterocycles. The summed E-state index contributed by atoms with van der Waals surface area (Å²) in [6.45, 7) is 5.13. The van der Waals surface area contributed by atoms with Crippen LogP contribution in [0.15, 0.2) is 24.4 Å². The van der Waals surface area contributed by atoms with Crippen molar-refractivity contribution in [1.82, 2.24) is 4.98 Å². The van der Waals surface area contributed by atoms with Gasteiger partial charge < -0.3 is 5.32 Å². The third kappa shape index (κ3) is 3.92. The number of amides is 1. The Hall–Kier alpha value is -1.66. The number of anilines is 2. The molecule has 0 bridgehead atoms. The van der Waals surface area contributed by atoms with E-state index in [-0.39, 0.29) is 11.6 Å². The zero-order valence-electron chi connectivity index (χ0n) is 11.8. The quantitative estimate of drug-likeness (QED) is 0.890. The lowest BCUT2D eigenvalue weighted by atomic mass is 10.0. The molecule has 0 aliphatic rings. The van der Waals surface area contributed by atoms with Crippen LogP contribution in [-0.4, -0.2) is 16.4 Å². The minimum atomic E-state index is -1.01. The Morgan fingerprint density at radius 2 is 2.14 bits per heavy atom. The van der Waals surface area contributed by atoms with E-state index in [1.165, 1.54) is 12.3 Å². The Bertz CT molecular complexity index is 672. The van der Waals surface area contributed by atoms with Gasteiger partial charge in [0.05, 0.1) is 11.9 Å². The van der Waals surface area contributed by atoms with Gasteiger partial charge in [0, 0.05) is 0 Å². The predicted molar refractivity (Wildman–Crippen MR) is 84.6 cm³/mol. The summed E-state index contributed by atoms with van der Waals surface area (Å²) in [5, 5.41) is 5.96. The molecule has 0 fully saturated rings. The van der Waals surface area contributed by atoms with Crippen molar-refractivity contribution in [2.45, 2.75) is 26.3 Å². The number of hydrogen-bond donors (Lipinski definition) is 2. The molecule has 1 amide bonds. The highest BCUT2D eigenvalue weighted by molar-refractivity contribution is 7.19. The van der Waals surface area contributed by atoms with E-state index in [0.717, 1.165) is 16.9 Å². The molecule has 2 N–H and O–H groups in total. The summed E-state index contributed by atoms with van der Waals surface area (Å²) in [5.74, 6) is -0.721. The molecule has 1 aromatic carbocycles. The Kier molecular flexibility index (Phi) is 4.49. The second-order valence-electron chi connectivity index (χ2n) is 5.16. The molecule has 2 rings (SSSR count). The second kappa shape index (κ2) is 5.99. The van der Waals surface area contributed by atoms with Gasteiger partial charge in [-0.15, -0.1) is 0 Å². The van der Waals surface area contributed by atoms with Gasteiger partial charge in [-0.05, 0) is 38.5 Å². The molecular formula is C14H15ClFN3OS. The first kappa shape index (κ1) is 15.7. The molecule has 0 saturated heterocycles. The van der Waals surface area contributed by atoms with Gasteiger partial charge in [0.2, 0.25) is 0 Å². The summed E-state index contributed by atoms with van der Waals surface area (Å²) in [6, 6.07) is 4.80. The highest BCUT2D eigenvalue weighted by Gasteiger charge is 2.29. The summed E-state index contributed by atoms with van der Waals surface area (Å²) < 4.78 is 14.3. The highest BCUT2D eigenvalue weighted by atomic mass is 35.5. The van der Waals surface area contributed by atoms with Gasteiger partial charge in [-0.1, -0.05) is 29.0 Å². The van der Waals surface area contributed by atoms with E-state index < -0.39 is 11.4 Å². The molecule has 0 atom stereocenters. The number of rotatable bonds is 4. The largest absolute Gasteiger partial charge is 0.369 e. The van der Waals surface area contributed by atoms with Gasteiger partial charge >= 0.3 is 0 Å². The van der Waals surface area contributed by atoms with Crippen LogP contribution in [0.5, 0.6) is 0 Å². The summed E-state index contributed by atoms with van der Waals surface area (Å²) in [4.78, 5) is 16.2. The van der Waals surface area contributed by atoms with Crippen LogP contribution in [0.1, 0.15) is 19.4 Å². The van der Waals surface area contributed by atoms with Crippen LogP contribution in [0, 0.1) is 12.7 Å². The molecule has 0 unspecified atom stereocenters. The average Bonchev–Trinajstić information content (AvgIpc) is 2.78. The maximum absolute atomic E-state index is 13.9. The minimum absolute atomic E-state index is 0.276. The number of carbonyl (C=O) groups is 1. The molecule has 0 aliphatic heterocycles. The van der Waals surface area contributed by atoms with Crippen molar-refractivity contribution in [2.75, 3.05) is 10.6 Å². The Morgan fingerprint density at radius 1 is 1.43 bits per heavy atom. The van der Waals surface area contributed by atoms with Crippen molar-refractivity contribution < 1.29 is 9.18 Å². The second-order valence-corrected chi connectivity index (χ2v) is 6.82. The van der Waals surface area contributed by atoms with Crippen LogP contribution in [0.4, 0.5) is 15.2 Å². The van der Waals surface area contributed by atoms with Crippen LogP contribution in [-0.2, 0) is 4.79 Å². The van der Waals surface area contributed by atoms with E-state index in [1.807, 2.05) is 0 Å². The molecule has 21 heavy (non-hydrogen) atoms. The van der Waals surface area contributed by atoms with Crippen LogP contribution >= 0.6 is 22.9 Å². The fourth-order valence-electron chi connectivity index (χ4n) is 1.68. The lowest BCUT2D eigenvalue weighted by Gasteiger charge is -2.26. The standard InChI is InChI=1S/C14H15ClFN3OS/c1-8-4-5-10(9(16)6-8)19-14(2,3)12(20)18-13-17-7-11(15)21-13/h4-7,19H,1-3H3,(H,17,18,20). The van der Waals surface area contributed by atoms with Crippen molar-refractivity contribution in [2.24, 2.45) is 0 Å². The van der Waals surface area contributed by atoms with Crippen molar-refractivity contribution in [3.05, 3.63) is 40.1 Å². The lowest BCUT2D eigenvalue weighted by molar-refractivity contribution is -0.119. The minimum Gasteiger partial charge on any atom is -0.369 e. The maximum atomic E-state index is 13.9. The van der Waals surface area contributed by atoms with Crippen molar-refractivity contribution in [1.29, 1.82) is 0 Å². The van der Waals surface area contributed by atoms with E-state index in [2.05, 4.69) is 15.6 Å². The number of benzene rings is 1. The van der Waals surface area contributed by atoms with Gasteiger partial charge in [0.15, 0.2) is 5.13 Å². The topological polar surface area (TPSA) is 54.0 Å². The number of nitrogens with zero attached hydrogens (tertiary/aromatic N) is 1. The normalized spacial score (nSPS) is 11.3. The number of nitrogens with one attached hydrogen (secondary N) is 2. The smallest absolute Gasteiger partial charge is 0.251 e. The first-order chi connectivity index (χ1) is 9.78. The Morgan fingerprint density at radius 3 is 2.71 bits per heavy atom. The van der Waals surface area contributed by atoms with Gasteiger partial charge in [-0.2, -0.15) is 0 Å². The fourth-order valence-corrected chi connectivity index (χ4v) is 2.49. The molecule has 0 spiro atoms. The van der Waals surface area contributed by atoms with E-state index >= 15 is 0 Å². The first-order valence-electron chi connectivity index (χ1n) is 6.25. The van der Waals surface area contributed by atoms with Crippen LogP contribution in [0.25, 0.3) is 0 Å². The van der Waals surface area contributed by atoms with Crippen molar-refractivity contribution in [3.8, 4) is 0 Å².